The molecule has 2 atom stereocenters. The average molecular weight is 232 g/mol. The van der Waals surface area contributed by atoms with Crippen LogP contribution in [-0.2, 0) is 0 Å². The predicted molar refractivity (Wildman–Crippen MR) is 63.5 cm³/mol. The summed E-state index contributed by atoms with van der Waals surface area (Å²) in [6, 6.07) is 7.61. The summed E-state index contributed by atoms with van der Waals surface area (Å²) in [5.74, 6) is -0.0539. The number of hydrogen-bond donors (Lipinski definition) is 2. The minimum absolute atomic E-state index is 0.0539. The summed E-state index contributed by atoms with van der Waals surface area (Å²) in [6.45, 7) is 1.60. The van der Waals surface area contributed by atoms with Crippen LogP contribution in [0.4, 0.5) is 0 Å². The molecule has 2 N–H and O–H groups in total. The molecule has 2 heterocycles. The molecule has 0 spiro atoms. The number of hydrogen-bond acceptors (Lipinski definition) is 3. The highest BCUT2D eigenvalue weighted by Crippen LogP contribution is 2.31. The summed E-state index contributed by atoms with van der Waals surface area (Å²) in [7, 11) is 0. The fraction of sp³-hybridized carbons (Fsp3) is 0.462. The van der Waals surface area contributed by atoms with Crippen LogP contribution < -0.4 is 5.32 Å². The van der Waals surface area contributed by atoms with Crippen LogP contribution in [0.15, 0.2) is 24.3 Å². The van der Waals surface area contributed by atoms with Crippen molar-refractivity contribution in [2.75, 3.05) is 13.1 Å². The molecule has 1 aromatic rings. The Balaban J connectivity index is 1.82. The van der Waals surface area contributed by atoms with E-state index in [4.69, 9.17) is 0 Å². The summed E-state index contributed by atoms with van der Waals surface area (Å²) in [5.41, 5.74) is 1.37. The van der Waals surface area contributed by atoms with E-state index in [1.807, 2.05) is 18.2 Å². The van der Waals surface area contributed by atoms with Crippen LogP contribution in [0.3, 0.4) is 0 Å². The van der Waals surface area contributed by atoms with Crippen LogP contribution >= 0.6 is 0 Å². The molecule has 1 saturated heterocycles. The van der Waals surface area contributed by atoms with Crippen LogP contribution in [0.2, 0.25) is 0 Å². The number of benzene rings is 1. The second-order valence-electron chi connectivity index (χ2n) is 4.71. The number of fused-ring (bicyclic) bond motifs is 1. The number of amides is 1. The second-order valence-corrected chi connectivity index (χ2v) is 4.71. The van der Waals surface area contributed by atoms with Gasteiger partial charge < -0.3 is 15.3 Å². The minimum Gasteiger partial charge on any atom is -0.369 e. The monoisotopic (exact) mass is 232 g/mol. The zero-order valence-electron chi connectivity index (χ0n) is 9.60. The third-order valence-electron chi connectivity index (χ3n) is 3.60. The molecule has 0 saturated carbocycles. The van der Waals surface area contributed by atoms with Gasteiger partial charge in [0.2, 0.25) is 0 Å². The zero-order valence-corrected chi connectivity index (χ0v) is 9.60. The molecule has 2 aliphatic heterocycles. The zero-order chi connectivity index (χ0) is 11.8. The maximum atomic E-state index is 12.1. The maximum Gasteiger partial charge on any atom is 0.256 e. The van der Waals surface area contributed by atoms with Gasteiger partial charge in [-0.05, 0) is 25.5 Å². The smallest absolute Gasteiger partial charge is 0.256 e. The van der Waals surface area contributed by atoms with Crippen LogP contribution in [0, 0.1) is 0 Å². The third-order valence-corrected chi connectivity index (χ3v) is 3.60. The number of aliphatic hydroxyl groups excluding tert-OH is 1. The molecular formula is C13H16N2O2. The highest BCUT2D eigenvalue weighted by atomic mass is 16.3. The number of nitrogens with zero attached hydrogens (tertiary/aromatic N) is 1. The largest absolute Gasteiger partial charge is 0.369 e. The molecule has 2 aliphatic rings. The van der Waals surface area contributed by atoms with Crippen molar-refractivity contribution in [1.29, 1.82) is 0 Å². The van der Waals surface area contributed by atoms with Crippen molar-refractivity contribution < 1.29 is 9.90 Å². The Morgan fingerprint density at radius 2 is 2.24 bits per heavy atom. The molecule has 4 heteroatoms. The van der Waals surface area contributed by atoms with E-state index in [1.165, 1.54) is 0 Å². The van der Waals surface area contributed by atoms with E-state index in [2.05, 4.69) is 5.32 Å². The Morgan fingerprint density at radius 1 is 1.41 bits per heavy atom. The van der Waals surface area contributed by atoms with Gasteiger partial charge in [0.15, 0.2) is 6.23 Å². The van der Waals surface area contributed by atoms with Crippen molar-refractivity contribution in [2.45, 2.75) is 25.1 Å². The van der Waals surface area contributed by atoms with Crippen LogP contribution in [0.5, 0.6) is 0 Å². The molecule has 3 rings (SSSR count). The van der Waals surface area contributed by atoms with Gasteiger partial charge in [-0.3, -0.25) is 4.79 Å². The number of carbonyl (C=O) groups is 1. The lowest BCUT2D eigenvalue weighted by Crippen LogP contribution is -2.39. The molecule has 0 aliphatic carbocycles. The molecule has 0 aromatic heterocycles. The molecule has 2 unspecified atom stereocenters. The van der Waals surface area contributed by atoms with E-state index < -0.39 is 6.23 Å². The number of aliphatic hydroxyl groups is 1. The van der Waals surface area contributed by atoms with Gasteiger partial charge >= 0.3 is 0 Å². The molecule has 1 amide bonds. The molecule has 0 radical (unpaired) electrons. The maximum absolute atomic E-state index is 12.1. The highest BCUT2D eigenvalue weighted by Gasteiger charge is 2.36. The van der Waals surface area contributed by atoms with Gasteiger partial charge in [-0.15, -0.1) is 0 Å². The lowest BCUT2D eigenvalue weighted by Gasteiger charge is -2.24. The summed E-state index contributed by atoms with van der Waals surface area (Å²) in [5, 5.41) is 13.5. The van der Waals surface area contributed by atoms with E-state index in [0.29, 0.717) is 18.2 Å². The van der Waals surface area contributed by atoms with Gasteiger partial charge in [0.1, 0.15) is 0 Å². The average Bonchev–Trinajstić information content (AvgIpc) is 2.94. The Bertz CT molecular complexity index is 441. The summed E-state index contributed by atoms with van der Waals surface area (Å²) < 4.78 is 0. The Kier molecular flexibility index (Phi) is 2.61. The van der Waals surface area contributed by atoms with Crippen LogP contribution in [0.1, 0.15) is 35.0 Å². The second kappa shape index (κ2) is 4.13. The third kappa shape index (κ3) is 1.73. The highest BCUT2D eigenvalue weighted by molar-refractivity contribution is 5.98. The van der Waals surface area contributed by atoms with Crippen molar-refractivity contribution in [1.82, 2.24) is 10.2 Å². The quantitative estimate of drug-likeness (QED) is 0.796. The first kappa shape index (κ1) is 10.7. The first-order valence-electron chi connectivity index (χ1n) is 6.09. The van der Waals surface area contributed by atoms with E-state index in [-0.39, 0.29) is 5.91 Å². The molecule has 0 bridgehead atoms. The van der Waals surface area contributed by atoms with E-state index in [1.54, 1.807) is 11.0 Å². The van der Waals surface area contributed by atoms with Crippen LogP contribution in [0.25, 0.3) is 0 Å². The van der Waals surface area contributed by atoms with E-state index in [9.17, 15) is 9.90 Å². The van der Waals surface area contributed by atoms with Gasteiger partial charge in [0, 0.05) is 23.7 Å². The summed E-state index contributed by atoms with van der Waals surface area (Å²) in [4.78, 5) is 13.7. The van der Waals surface area contributed by atoms with Crippen molar-refractivity contribution in [3.05, 3.63) is 35.4 Å². The molecular weight excluding hydrogens is 216 g/mol. The molecule has 17 heavy (non-hydrogen) atoms. The number of carbonyl (C=O) groups excluding carboxylic acids is 1. The lowest BCUT2D eigenvalue weighted by atomic mass is 10.1. The predicted octanol–water partition coefficient (Wildman–Crippen LogP) is 0.885. The van der Waals surface area contributed by atoms with Gasteiger partial charge in [-0.25, -0.2) is 0 Å². The topological polar surface area (TPSA) is 52.6 Å². The van der Waals surface area contributed by atoms with Crippen molar-refractivity contribution in [3.63, 3.8) is 0 Å². The summed E-state index contributed by atoms with van der Waals surface area (Å²) in [6.07, 6.45) is 1.45. The molecule has 1 fully saturated rings. The van der Waals surface area contributed by atoms with Gasteiger partial charge in [0.05, 0.1) is 0 Å². The van der Waals surface area contributed by atoms with Crippen molar-refractivity contribution in [3.8, 4) is 0 Å². The van der Waals surface area contributed by atoms with Gasteiger partial charge in [0.25, 0.3) is 5.91 Å². The van der Waals surface area contributed by atoms with E-state index >= 15 is 0 Å². The number of rotatable bonds is 2. The first-order valence-corrected chi connectivity index (χ1v) is 6.09. The van der Waals surface area contributed by atoms with Crippen molar-refractivity contribution >= 4 is 5.91 Å². The van der Waals surface area contributed by atoms with Gasteiger partial charge in [-0.2, -0.15) is 0 Å². The van der Waals surface area contributed by atoms with E-state index in [0.717, 1.165) is 24.9 Å². The normalized spacial score (nSPS) is 27.6. The fourth-order valence-corrected chi connectivity index (χ4v) is 2.68. The van der Waals surface area contributed by atoms with Gasteiger partial charge in [-0.1, -0.05) is 18.2 Å². The first-order chi connectivity index (χ1) is 8.27. The Morgan fingerprint density at radius 3 is 2.94 bits per heavy atom. The minimum atomic E-state index is -0.777. The standard InChI is InChI=1S/C13H16N2O2/c16-12-10-5-1-2-6-11(10)13(17)15(12)8-9-4-3-7-14-9/h1-2,5-6,9,12,14,16H,3-4,7-8H2. The molecule has 4 nitrogen and oxygen atoms in total. The summed E-state index contributed by atoms with van der Waals surface area (Å²) >= 11 is 0. The fourth-order valence-electron chi connectivity index (χ4n) is 2.68. The SMILES string of the molecule is O=C1c2ccccc2C(O)N1CC1CCCN1. The number of nitrogens with one attached hydrogen (secondary N) is 1. The lowest BCUT2D eigenvalue weighted by molar-refractivity contribution is 0.0143. The van der Waals surface area contributed by atoms with Crippen molar-refractivity contribution in [2.24, 2.45) is 0 Å². The van der Waals surface area contributed by atoms with Crippen LogP contribution in [-0.4, -0.2) is 35.0 Å². The Labute approximate surface area is 100 Å². The molecule has 1 aromatic carbocycles. The molecule has 90 valence electrons. The Hall–Kier alpha value is -1.39.